The molecule has 0 radical (unpaired) electrons. The smallest absolute Gasteiger partial charge is 0.328 e. The quantitative estimate of drug-likeness (QED) is 0.246. The Morgan fingerprint density at radius 2 is 1.65 bits per heavy atom. The van der Waals surface area contributed by atoms with Gasteiger partial charge in [-0.15, -0.1) is 0 Å². The molecule has 0 saturated carbocycles. The van der Waals surface area contributed by atoms with Crippen LogP contribution in [0.25, 0.3) is 0 Å². The zero-order valence-corrected chi connectivity index (χ0v) is 17.2. The Balaban J connectivity index is 0.000000512. The fourth-order valence-electron chi connectivity index (χ4n) is 2.08. The van der Waals surface area contributed by atoms with Gasteiger partial charge in [0, 0.05) is 41.1 Å². The molecule has 0 spiro atoms. The lowest BCUT2D eigenvalue weighted by atomic mass is 9.95. The predicted octanol–water partition coefficient (Wildman–Crippen LogP) is 2.63. The Labute approximate surface area is 178 Å². The van der Waals surface area contributed by atoms with Crippen LogP contribution in [0.15, 0.2) is 60.0 Å². The summed E-state index contributed by atoms with van der Waals surface area (Å²) >= 11 is 0. The molecule has 0 atom stereocenters. The zero-order valence-electron chi connectivity index (χ0n) is 17.2. The van der Waals surface area contributed by atoms with E-state index in [9.17, 15) is 18.8 Å². The number of carboxylic acid groups (broad SMARTS) is 2. The van der Waals surface area contributed by atoms with Gasteiger partial charge in [-0.25, -0.2) is 14.0 Å². The van der Waals surface area contributed by atoms with E-state index >= 15 is 0 Å². The number of nitrogens with two attached hydrogens (primary N) is 1. The van der Waals surface area contributed by atoms with Gasteiger partial charge < -0.3 is 21.4 Å². The van der Waals surface area contributed by atoms with Crippen LogP contribution in [0.5, 0.6) is 0 Å². The number of rotatable bonds is 5. The Hall–Kier alpha value is -4.08. The molecule has 9 nitrogen and oxygen atoms in total. The lowest BCUT2D eigenvalue weighted by Gasteiger charge is -2.19. The van der Waals surface area contributed by atoms with E-state index in [2.05, 4.69) is 15.4 Å². The summed E-state index contributed by atoms with van der Waals surface area (Å²) < 4.78 is 14.1. The molecule has 2 rings (SSSR count). The van der Waals surface area contributed by atoms with Crippen molar-refractivity contribution >= 4 is 29.2 Å². The summed E-state index contributed by atoms with van der Waals surface area (Å²) in [7, 11) is 0. The van der Waals surface area contributed by atoms with Crippen LogP contribution in [0.2, 0.25) is 0 Å². The predicted molar refractivity (Wildman–Crippen MR) is 113 cm³/mol. The minimum Gasteiger partial charge on any atom is -0.478 e. The molecule has 5 N–H and O–H groups in total. The number of halogens is 1. The molecule has 31 heavy (non-hydrogen) atoms. The summed E-state index contributed by atoms with van der Waals surface area (Å²) in [5, 5.41) is 22.1. The topological polar surface area (TPSA) is 155 Å². The first kappa shape index (κ1) is 25.0. The highest BCUT2D eigenvalue weighted by Gasteiger charge is 2.23. The molecule has 1 aromatic carbocycles. The van der Waals surface area contributed by atoms with E-state index < -0.39 is 23.2 Å². The average Bonchev–Trinajstić information content (AvgIpc) is 2.69. The number of carboxylic acids is 2. The molecular formula is C21H23FN4O5. The van der Waals surface area contributed by atoms with Crippen LogP contribution in [-0.4, -0.2) is 38.8 Å². The van der Waals surface area contributed by atoms with Crippen LogP contribution in [0, 0.1) is 11.2 Å². The Kier molecular flexibility index (Phi) is 9.01. The molecule has 0 bridgehead atoms. The fourth-order valence-corrected chi connectivity index (χ4v) is 2.08. The van der Waals surface area contributed by atoms with E-state index in [0.29, 0.717) is 23.4 Å². The maximum atomic E-state index is 14.1. The van der Waals surface area contributed by atoms with Gasteiger partial charge in [-0.2, -0.15) is 5.10 Å². The van der Waals surface area contributed by atoms with Crippen LogP contribution in [0.3, 0.4) is 0 Å². The van der Waals surface area contributed by atoms with Crippen molar-refractivity contribution in [1.29, 1.82) is 0 Å². The molecule has 0 fully saturated rings. The summed E-state index contributed by atoms with van der Waals surface area (Å²) in [6.45, 7) is 5.41. The number of nitrogens with one attached hydrogen (secondary N) is 1. The lowest BCUT2D eigenvalue weighted by Crippen LogP contribution is -2.28. The number of amides is 1. The maximum Gasteiger partial charge on any atom is 0.328 e. The molecule has 10 heteroatoms. The first-order valence-electron chi connectivity index (χ1n) is 8.90. The second-order valence-corrected chi connectivity index (χ2v) is 7.09. The molecule has 0 saturated heterocycles. The molecular weight excluding hydrogens is 407 g/mol. The number of hydrogen-bond acceptors (Lipinski definition) is 6. The van der Waals surface area contributed by atoms with Crippen molar-refractivity contribution in [3.63, 3.8) is 0 Å². The molecule has 1 heterocycles. The third kappa shape index (κ3) is 8.05. The van der Waals surface area contributed by atoms with Gasteiger partial charge in [0.2, 0.25) is 5.91 Å². The minimum absolute atomic E-state index is 0.171. The molecule has 164 valence electrons. The van der Waals surface area contributed by atoms with Gasteiger partial charge in [-0.05, 0) is 18.2 Å². The first-order chi connectivity index (χ1) is 14.5. The number of hydrazone groups is 1. The number of carbonyl (C=O) groups excluding carboxylic acids is 1. The van der Waals surface area contributed by atoms with Crippen molar-refractivity contribution in [3.05, 3.63) is 71.8 Å². The van der Waals surface area contributed by atoms with Crippen LogP contribution in [0.1, 0.15) is 31.9 Å². The highest BCUT2D eigenvalue weighted by atomic mass is 19.1. The van der Waals surface area contributed by atoms with Crippen LogP contribution in [0.4, 0.5) is 10.1 Å². The van der Waals surface area contributed by atoms with Crippen molar-refractivity contribution in [1.82, 2.24) is 4.98 Å². The number of aliphatic carboxylic acids is 2. The summed E-state index contributed by atoms with van der Waals surface area (Å²) in [6, 6.07) is 7.80. The largest absolute Gasteiger partial charge is 0.478 e. The SMILES string of the molecule is CC(C)(C)C(=O)Nc1ccncc1C(=NN)c1ccccc1F.O=C(O)C=CC(=O)O. The fraction of sp³-hybridized carbons (Fsp3) is 0.190. The molecule has 0 aliphatic carbocycles. The van der Waals surface area contributed by atoms with Gasteiger partial charge in [0.1, 0.15) is 11.5 Å². The van der Waals surface area contributed by atoms with Crippen molar-refractivity contribution in [2.45, 2.75) is 20.8 Å². The summed E-state index contributed by atoms with van der Waals surface area (Å²) in [4.78, 5) is 35.4. The summed E-state index contributed by atoms with van der Waals surface area (Å²) in [6.07, 6.45) is 4.15. The number of anilines is 1. The number of benzene rings is 1. The number of aromatic nitrogens is 1. The van der Waals surface area contributed by atoms with Crippen molar-refractivity contribution in [2.24, 2.45) is 16.4 Å². The highest BCUT2D eigenvalue weighted by molar-refractivity contribution is 6.17. The van der Waals surface area contributed by atoms with Gasteiger partial charge in [-0.1, -0.05) is 32.9 Å². The molecule has 2 aromatic rings. The van der Waals surface area contributed by atoms with E-state index in [1.807, 2.05) is 0 Å². The Bertz CT molecular complexity index is 997. The van der Waals surface area contributed by atoms with E-state index in [4.69, 9.17) is 16.1 Å². The lowest BCUT2D eigenvalue weighted by molar-refractivity contribution is -0.134. The Morgan fingerprint density at radius 3 is 2.13 bits per heavy atom. The average molecular weight is 430 g/mol. The van der Waals surface area contributed by atoms with Crippen molar-refractivity contribution < 1.29 is 29.0 Å². The molecule has 1 aromatic heterocycles. The standard InChI is InChI=1S/C17H19FN4O.C4H4O4/c1-17(2,3)16(23)21-14-8-9-20-10-12(14)15(22-19)11-6-4-5-7-13(11)18;5-3(6)1-2-4(7)8/h4-10H,19H2,1-3H3,(H,20,21,23);1-2H,(H,5,6)(H,7,8). The van der Waals surface area contributed by atoms with E-state index in [1.165, 1.54) is 18.5 Å². The van der Waals surface area contributed by atoms with Crippen LogP contribution in [-0.2, 0) is 14.4 Å². The van der Waals surface area contributed by atoms with Gasteiger partial charge in [-0.3, -0.25) is 9.78 Å². The van der Waals surface area contributed by atoms with Gasteiger partial charge >= 0.3 is 11.9 Å². The Morgan fingerprint density at radius 1 is 1.06 bits per heavy atom. The van der Waals surface area contributed by atoms with Gasteiger partial charge in [0.25, 0.3) is 0 Å². The summed E-state index contributed by atoms with van der Waals surface area (Å²) in [5.74, 6) is 2.34. The van der Waals surface area contributed by atoms with E-state index in [0.717, 1.165) is 0 Å². The third-order valence-corrected chi connectivity index (χ3v) is 3.63. The van der Waals surface area contributed by atoms with E-state index in [-0.39, 0.29) is 17.2 Å². The molecule has 0 aliphatic rings. The minimum atomic E-state index is -1.26. The first-order valence-corrected chi connectivity index (χ1v) is 8.90. The molecule has 0 unspecified atom stereocenters. The van der Waals surface area contributed by atoms with Crippen LogP contribution < -0.4 is 11.2 Å². The van der Waals surface area contributed by atoms with Crippen molar-refractivity contribution in [2.75, 3.05) is 5.32 Å². The number of nitrogens with zero attached hydrogens (tertiary/aromatic N) is 2. The second-order valence-electron chi connectivity index (χ2n) is 7.09. The van der Waals surface area contributed by atoms with Crippen LogP contribution >= 0.6 is 0 Å². The summed E-state index contributed by atoms with van der Waals surface area (Å²) in [5.41, 5.74) is 0.832. The number of hydrogen-bond donors (Lipinski definition) is 4. The molecule has 0 aliphatic heterocycles. The van der Waals surface area contributed by atoms with Gasteiger partial charge in [0.15, 0.2) is 0 Å². The number of pyridine rings is 1. The zero-order chi connectivity index (χ0) is 23.6. The normalized spacial score (nSPS) is 11.4. The monoisotopic (exact) mass is 430 g/mol. The third-order valence-electron chi connectivity index (χ3n) is 3.63. The highest BCUT2D eigenvalue weighted by Crippen LogP contribution is 2.23. The van der Waals surface area contributed by atoms with Gasteiger partial charge in [0.05, 0.1) is 5.69 Å². The maximum absolute atomic E-state index is 14.1. The van der Waals surface area contributed by atoms with Crippen molar-refractivity contribution in [3.8, 4) is 0 Å². The second kappa shape index (κ2) is 11.2. The molecule has 1 amide bonds. The number of carbonyl (C=O) groups is 3. The van der Waals surface area contributed by atoms with E-state index in [1.54, 1.807) is 45.0 Å².